The molecule has 0 spiro atoms. The summed E-state index contributed by atoms with van der Waals surface area (Å²) in [5.74, 6) is 0. The van der Waals surface area contributed by atoms with Crippen LogP contribution < -0.4 is 5.32 Å². The van der Waals surface area contributed by atoms with Gasteiger partial charge in [-0.25, -0.2) is 4.79 Å². The lowest BCUT2D eigenvalue weighted by Gasteiger charge is -2.36. The normalized spacial score (nSPS) is 17.7. The van der Waals surface area contributed by atoms with Gasteiger partial charge in [-0.2, -0.15) is 0 Å². The van der Waals surface area contributed by atoms with Crippen molar-refractivity contribution in [2.45, 2.75) is 98.3 Å². The van der Waals surface area contributed by atoms with E-state index in [1.165, 1.54) is 0 Å². The molecule has 21 heavy (non-hydrogen) atoms. The summed E-state index contributed by atoms with van der Waals surface area (Å²) < 4.78 is 5.62. The first-order chi connectivity index (χ1) is 9.56. The Labute approximate surface area is 130 Å². The van der Waals surface area contributed by atoms with Crippen molar-refractivity contribution in [3.63, 3.8) is 0 Å². The zero-order valence-electron chi connectivity index (χ0n) is 15.0. The van der Waals surface area contributed by atoms with E-state index in [1.807, 2.05) is 6.92 Å². The fraction of sp³-hybridized carbons (Fsp3) is 0.941. The molecule has 0 aliphatic rings. The van der Waals surface area contributed by atoms with Crippen LogP contribution in [0.3, 0.4) is 0 Å². The first-order valence-electron chi connectivity index (χ1n) is 8.23. The fourth-order valence-corrected chi connectivity index (χ4v) is 2.24. The summed E-state index contributed by atoms with van der Waals surface area (Å²) in [4.78, 5) is 12.2. The molecule has 0 saturated heterocycles. The van der Waals surface area contributed by atoms with Crippen LogP contribution in [0.1, 0.15) is 80.6 Å². The van der Waals surface area contributed by atoms with Crippen LogP contribution in [0.2, 0.25) is 0 Å². The predicted octanol–water partition coefficient (Wildman–Crippen LogP) is 4.26. The van der Waals surface area contributed by atoms with Crippen LogP contribution in [0, 0.1) is 5.41 Å². The lowest BCUT2D eigenvalue weighted by Crippen LogP contribution is -2.54. The summed E-state index contributed by atoms with van der Waals surface area (Å²) in [6.07, 6.45) is 3.38. The third-order valence-corrected chi connectivity index (χ3v) is 4.13. The molecule has 0 aromatic carbocycles. The van der Waals surface area contributed by atoms with Crippen molar-refractivity contribution in [1.29, 1.82) is 0 Å². The third-order valence-electron chi connectivity index (χ3n) is 4.13. The highest BCUT2D eigenvalue weighted by Crippen LogP contribution is 2.27. The van der Waals surface area contributed by atoms with Gasteiger partial charge in [0, 0.05) is 0 Å². The number of alkyl carbamates (subject to hydrolysis) is 1. The highest BCUT2D eigenvalue weighted by molar-refractivity contribution is 5.68. The molecule has 0 heterocycles. The van der Waals surface area contributed by atoms with Crippen molar-refractivity contribution >= 4 is 6.09 Å². The van der Waals surface area contributed by atoms with E-state index in [0.717, 1.165) is 32.1 Å². The van der Waals surface area contributed by atoms with Crippen LogP contribution in [0.15, 0.2) is 0 Å². The lowest BCUT2D eigenvalue weighted by atomic mass is 9.86. The van der Waals surface area contributed by atoms with Gasteiger partial charge in [0.1, 0.15) is 6.10 Å². The molecule has 3 unspecified atom stereocenters. The summed E-state index contributed by atoms with van der Waals surface area (Å²) in [5.41, 5.74) is -0.722. The van der Waals surface area contributed by atoms with Gasteiger partial charge in [-0.15, -0.1) is 0 Å². The number of carbonyl (C=O) groups is 1. The van der Waals surface area contributed by atoms with Crippen LogP contribution in [0.4, 0.5) is 4.79 Å². The predicted molar refractivity (Wildman–Crippen MR) is 87.4 cm³/mol. The SMILES string of the molecule is CCCCC(C)(NC(=O)OC(CCC)C(C)(C)C)C(C)O. The van der Waals surface area contributed by atoms with Crippen molar-refractivity contribution in [3.8, 4) is 0 Å². The van der Waals surface area contributed by atoms with Gasteiger partial charge < -0.3 is 15.2 Å². The van der Waals surface area contributed by atoms with Crippen molar-refractivity contribution in [1.82, 2.24) is 5.32 Å². The van der Waals surface area contributed by atoms with Gasteiger partial charge in [0.2, 0.25) is 0 Å². The number of amides is 1. The molecule has 4 heteroatoms. The van der Waals surface area contributed by atoms with E-state index in [2.05, 4.69) is 39.9 Å². The Kier molecular flexibility index (Phi) is 8.30. The van der Waals surface area contributed by atoms with E-state index in [9.17, 15) is 9.90 Å². The van der Waals surface area contributed by atoms with E-state index < -0.39 is 17.7 Å². The number of aliphatic hydroxyl groups excluding tert-OH is 1. The second-order valence-corrected chi connectivity index (χ2v) is 7.37. The Hall–Kier alpha value is -0.770. The molecule has 3 atom stereocenters. The molecule has 0 bridgehead atoms. The van der Waals surface area contributed by atoms with E-state index in [4.69, 9.17) is 4.74 Å². The van der Waals surface area contributed by atoms with Crippen molar-refractivity contribution < 1.29 is 14.6 Å². The maximum absolute atomic E-state index is 12.2. The smallest absolute Gasteiger partial charge is 0.407 e. The quantitative estimate of drug-likeness (QED) is 0.704. The van der Waals surface area contributed by atoms with Crippen LogP contribution in [-0.2, 0) is 4.74 Å². The molecule has 4 nitrogen and oxygen atoms in total. The minimum absolute atomic E-state index is 0.0853. The Morgan fingerprint density at radius 3 is 2.14 bits per heavy atom. The van der Waals surface area contributed by atoms with Crippen molar-refractivity contribution in [3.05, 3.63) is 0 Å². The van der Waals surface area contributed by atoms with Crippen LogP contribution in [-0.4, -0.2) is 28.9 Å². The third kappa shape index (κ3) is 7.16. The molecule has 0 radical (unpaired) electrons. The van der Waals surface area contributed by atoms with E-state index in [-0.39, 0.29) is 11.5 Å². The number of hydrogen-bond acceptors (Lipinski definition) is 3. The maximum atomic E-state index is 12.2. The second kappa shape index (κ2) is 8.62. The lowest BCUT2D eigenvalue weighted by molar-refractivity contribution is 0.0101. The van der Waals surface area contributed by atoms with E-state index in [1.54, 1.807) is 6.92 Å². The average molecular weight is 301 g/mol. The van der Waals surface area contributed by atoms with Gasteiger partial charge in [-0.3, -0.25) is 0 Å². The van der Waals surface area contributed by atoms with Gasteiger partial charge >= 0.3 is 6.09 Å². The highest BCUT2D eigenvalue weighted by Gasteiger charge is 2.34. The molecule has 0 aliphatic carbocycles. The number of nitrogens with one attached hydrogen (secondary N) is 1. The van der Waals surface area contributed by atoms with Gasteiger partial charge in [0.05, 0.1) is 11.6 Å². The first-order valence-corrected chi connectivity index (χ1v) is 8.23. The van der Waals surface area contributed by atoms with Crippen LogP contribution in [0.5, 0.6) is 0 Å². The van der Waals surface area contributed by atoms with Crippen LogP contribution in [0.25, 0.3) is 0 Å². The second-order valence-electron chi connectivity index (χ2n) is 7.37. The molecule has 0 fully saturated rings. The molecule has 1 amide bonds. The summed E-state index contributed by atoms with van der Waals surface area (Å²) in [6.45, 7) is 14.0. The summed E-state index contributed by atoms with van der Waals surface area (Å²) in [7, 11) is 0. The number of hydrogen-bond donors (Lipinski definition) is 2. The van der Waals surface area contributed by atoms with Gasteiger partial charge in [-0.1, -0.05) is 53.9 Å². The number of ether oxygens (including phenoxy) is 1. The summed E-state index contributed by atoms with van der Waals surface area (Å²) >= 11 is 0. The van der Waals surface area contributed by atoms with Gasteiger partial charge in [0.25, 0.3) is 0 Å². The Balaban J connectivity index is 4.75. The van der Waals surface area contributed by atoms with Crippen molar-refractivity contribution in [2.24, 2.45) is 5.41 Å². The topological polar surface area (TPSA) is 58.6 Å². The molecular weight excluding hydrogens is 266 g/mol. The largest absolute Gasteiger partial charge is 0.446 e. The number of carbonyl (C=O) groups excluding carboxylic acids is 1. The minimum Gasteiger partial charge on any atom is -0.446 e. The number of rotatable bonds is 8. The maximum Gasteiger partial charge on any atom is 0.407 e. The number of aliphatic hydroxyl groups is 1. The molecule has 2 N–H and O–H groups in total. The zero-order chi connectivity index (χ0) is 16.7. The van der Waals surface area contributed by atoms with Crippen LogP contribution >= 0.6 is 0 Å². The minimum atomic E-state index is -0.637. The van der Waals surface area contributed by atoms with Crippen molar-refractivity contribution in [2.75, 3.05) is 0 Å². The standard InChI is InChI=1S/C17H35NO3/c1-8-10-12-17(7,13(3)19)18-15(20)21-14(11-9-2)16(4,5)6/h13-14,19H,8-12H2,1-7H3,(H,18,20). The summed E-state index contributed by atoms with van der Waals surface area (Å²) in [5, 5.41) is 12.9. The Morgan fingerprint density at radius 2 is 1.76 bits per heavy atom. The molecule has 0 aromatic rings. The fourth-order valence-electron chi connectivity index (χ4n) is 2.24. The molecule has 0 saturated carbocycles. The zero-order valence-corrected chi connectivity index (χ0v) is 15.0. The van der Waals surface area contributed by atoms with E-state index in [0.29, 0.717) is 0 Å². The number of unbranched alkanes of at least 4 members (excludes halogenated alkanes) is 1. The molecule has 0 aromatic heterocycles. The molecule has 0 aliphatic heterocycles. The molecule has 126 valence electrons. The van der Waals surface area contributed by atoms with E-state index >= 15 is 0 Å². The molecular formula is C17H35NO3. The Bertz CT molecular complexity index is 310. The summed E-state index contributed by atoms with van der Waals surface area (Å²) in [6, 6.07) is 0. The average Bonchev–Trinajstić information content (AvgIpc) is 2.34. The van der Waals surface area contributed by atoms with Gasteiger partial charge in [-0.05, 0) is 32.1 Å². The first kappa shape index (κ1) is 20.2. The van der Waals surface area contributed by atoms with Gasteiger partial charge in [0.15, 0.2) is 0 Å². The Morgan fingerprint density at radius 1 is 1.19 bits per heavy atom. The monoisotopic (exact) mass is 301 g/mol. The highest BCUT2D eigenvalue weighted by atomic mass is 16.6. The molecule has 0 rings (SSSR count).